The highest BCUT2D eigenvalue weighted by Gasteiger charge is 2.34. The first-order valence-electron chi connectivity index (χ1n) is 9.63. The Bertz CT molecular complexity index is 836. The molecule has 0 aliphatic carbocycles. The summed E-state index contributed by atoms with van der Waals surface area (Å²) in [7, 11) is 3.67. The summed E-state index contributed by atoms with van der Waals surface area (Å²) in [6.45, 7) is 15.4. The number of aromatic nitrogens is 1. The van der Waals surface area contributed by atoms with E-state index >= 15 is 0 Å². The lowest BCUT2D eigenvalue weighted by molar-refractivity contribution is 0.364. The van der Waals surface area contributed by atoms with Gasteiger partial charge in [0, 0.05) is 12.1 Å². The average Bonchev–Trinajstić information content (AvgIpc) is 2.69. The normalized spacial score (nSPS) is 11.5. The second kappa shape index (κ2) is 9.35. The molecule has 1 radical (unpaired) electrons. The third kappa shape index (κ3) is 5.53. The van der Waals surface area contributed by atoms with E-state index < -0.39 is 9.04 Å². The molecule has 0 saturated carbocycles. The van der Waals surface area contributed by atoms with Crippen molar-refractivity contribution in [1.82, 2.24) is 4.98 Å². The summed E-state index contributed by atoms with van der Waals surface area (Å²) in [6.07, 6.45) is 0. The van der Waals surface area contributed by atoms with Gasteiger partial charge in [-0.05, 0) is 39.4 Å². The molecule has 1 aromatic heterocycles. The summed E-state index contributed by atoms with van der Waals surface area (Å²) < 4.78 is 22.7. The van der Waals surface area contributed by atoms with Gasteiger partial charge in [-0.2, -0.15) is 4.98 Å². The van der Waals surface area contributed by atoms with E-state index in [1.807, 2.05) is 30.3 Å². The highest BCUT2D eigenvalue weighted by atomic mass is 28.3. The zero-order valence-corrected chi connectivity index (χ0v) is 19.8. The molecule has 0 N–H and O–H groups in total. The van der Waals surface area contributed by atoms with Gasteiger partial charge in [0.25, 0.3) is 9.04 Å². The van der Waals surface area contributed by atoms with Crippen LogP contribution < -0.4 is 18.6 Å². The number of hydrogen-bond donors (Lipinski definition) is 0. The summed E-state index contributed by atoms with van der Waals surface area (Å²) >= 11 is 0. The molecule has 0 amide bonds. The molecule has 0 atom stereocenters. The Balaban J connectivity index is 2.45. The molecule has 1 heterocycles. The van der Waals surface area contributed by atoms with Crippen LogP contribution >= 0.6 is 0 Å². The Morgan fingerprint density at radius 2 is 1.48 bits per heavy atom. The van der Waals surface area contributed by atoms with Crippen LogP contribution in [0.4, 0.5) is 0 Å². The molecule has 0 bridgehead atoms. The monoisotopic (exact) mass is 414 g/mol. The van der Waals surface area contributed by atoms with E-state index in [0.29, 0.717) is 17.3 Å². The first-order chi connectivity index (χ1) is 13.6. The van der Waals surface area contributed by atoms with Gasteiger partial charge in [-0.3, -0.25) is 0 Å². The van der Waals surface area contributed by atoms with E-state index in [4.69, 9.17) is 18.6 Å². The third-order valence-electron chi connectivity index (χ3n) is 4.54. The maximum Gasteiger partial charge on any atom is 0.289 e. The second-order valence-electron chi connectivity index (χ2n) is 8.16. The Hall–Kier alpha value is -2.47. The topological polar surface area (TPSA) is 49.8 Å². The lowest BCUT2D eigenvalue weighted by Crippen LogP contribution is -2.35. The smallest absolute Gasteiger partial charge is 0.289 e. The van der Waals surface area contributed by atoms with Crippen molar-refractivity contribution in [3.05, 3.63) is 48.0 Å². The average molecular weight is 415 g/mol. The molecule has 0 aliphatic heterocycles. The summed E-state index contributed by atoms with van der Waals surface area (Å²) in [4.78, 5) is 4.25. The van der Waals surface area contributed by atoms with Crippen LogP contribution in [-0.2, 0) is 0 Å². The SMILES string of the molecule is C=C(c1cc(OC)nc(OC)c1)c1ccc(OC)c(O[Si](C(C)C)C(C)(C)C)c1. The molecule has 2 aromatic rings. The number of pyridine rings is 1. The molecule has 0 fully saturated rings. The molecular weight excluding hydrogens is 382 g/mol. The lowest BCUT2D eigenvalue weighted by atomic mass is 10.00. The summed E-state index contributed by atoms with van der Waals surface area (Å²) in [6, 6.07) is 9.59. The molecule has 157 valence electrons. The summed E-state index contributed by atoms with van der Waals surface area (Å²) in [5, 5.41) is 0.0860. The van der Waals surface area contributed by atoms with Crippen molar-refractivity contribution in [2.24, 2.45) is 0 Å². The molecule has 0 spiro atoms. The largest absolute Gasteiger partial charge is 0.539 e. The van der Waals surface area contributed by atoms with Crippen LogP contribution in [-0.4, -0.2) is 35.4 Å². The lowest BCUT2D eigenvalue weighted by Gasteiger charge is -2.31. The highest BCUT2D eigenvalue weighted by Crippen LogP contribution is 2.39. The number of methoxy groups -OCH3 is 3. The van der Waals surface area contributed by atoms with Crippen molar-refractivity contribution in [2.45, 2.75) is 45.2 Å². The van der Waals surface area contributed by atoms with Crippen molar-refractivity contribution >= 4 is 14.6 Å². The molecule has 2 rings (SSSR count). The Labute approximate surface area is 176 Å². The fourth-order valence-electron chi connectivity index (χ4n) is 3.23. The number of hydrogen-bond acceptors (Lipinski definition) is 5. The standard InChI is InChI=1S/C23H32NO4Si/c1-15(2)29(23(4,5)6)28-20-12-17(10-11-19(20)25-7)16(3)18-13-21(26-8)24-22(14-18)27-9/h10-15H,3H2,1-2,4-9H3. The third-order valence-corrected chi connectivity index (χ3v) is 7.51. The van der Waals surface area contributed by atoms with Crippen LogP contribution in [0.3, 0.4) is 0 Å². The van der Waals surface area contributed by atoms with E-state index in [9.17, 15) is 0 Å². The van der Waals surface area contributed by atoms with Crippen LogP contribution in [0.5, 0.6) is 23.3 Å². The Morgan fingerprint density at radius 1 is 0.897 bits per heavy atom. The molecule has 0 unspecified atom stereocenters. The molecule has 0 aliphatic rings. The molecular formula is C23H32NO4Si. The molecule has 1 aromatic carbocycles. The van der Waals surface area contributed by atoms with Crippen molar-refractivity contribution < 1.29 is 18.6 Å². The zero-order chi connectivity index (χ0) is 21.8. The quantitative estimate of drug-likeness (QED) is 0.515. The van der Waals surface area contributed by atoms with Crippen molar-refractivity contribution in [1.29, 1.82) is 0 Å². The zero-order valence-electron chi connectivity index (χ0n) is 18.8. The van der Waals surface area contributed by atoms with Crippen molar-refractivity contribution in [3.63, 3.8) is 0 Å². The fourth-order valence-corrected chi connectivity index (χ4v) is 5.90. The van der Waals surface area contributed by atoms with Crippen LogP contribution in [0.1, 0.15) is 45.7 Å². The maximum absolute atomic E-state index is 6.55. The Morgan fingerprint density at radius 3 is 1.93 bits per heavy atom. The Kier molecular flexibility index (Phi) is 7.35. The van der Waals surface area contributed by atoms with Gasteiger partial charge in [0.1, 0.15) is 5.75 Å². The maximum atomic E-state index is 6.55. The van der Waals surface area contributed by atoms with Crippen LogP contribution in [0.2, 0.25) is 10.6 Å². The number of benzene rings is 1. The molecule has 6 heteroatoms. The van der Waals surface area contributed by atoms with E-state index in [1.54, 1.807) is 21.3 Å². The van der Waals surface area contributed by atoms with Gasteiger partial charge >= 0.3 is 0 Å². The van der Waals surface area contributed by atoms with Gasteiger partial charge in [0.15, 0.2) is 5.75 Å². The minimum atomic E-state index is -1.15. The number of ether oxygens (including phenoxy) is 3. The minimum Gasteiger partial charge on any atom is -0.539 e. The predicted octanol–water partition coefficient (Wildman–Crippen LogP) is 5.75. The number of rotatable bonds is 8. The van der Waals surface area contributed by atoms with Gasteiger partial charge < -0.3 is 18.6 Å². The summed E-state index contributed by atoms with van der Waals surface area (Å²) in [5.41, 5.74) is 3.08. The number of nitrogens with zero attached hydrogens (tertiary/aromatic N) is 1. The van der Waals surface area contributed by atoms with E-state index in [-0.39, 0.29) is 5.04 Å². The van der Waals surface area contributed by atoms with Crippen molar-refractivity contribution in [2.75, 3.05) is 21.3 Å². The fraction of sp³-hybridized carbons (Fsp3) is 0.435. The van der Waals surface area contributed by atoms with E-state index in [0.717, 1.165) is 28.2 Å². The molecule has 0 saturated heterocycles. The van der Waals surface area contributed by atoms with Gasteiger partial charge in [-0.1, -0.05) is 47.3 Å². The van der Waals surface area contributed by atoms with Gasteiger partial charge in [-0.15, -0.1) is 0 Å². The van der Waals surface area contributed by atoms with Crippen molar-refractivity contribution in [3.8, 4) is 23.3 Å². The van der Waals surface area contributed by atoms with Gasteiger partial charge in [0.2, 0.25) is 11.8 Å². The summed E-state index contributed by atoms with van der Waals surface area (Å²) in [5.74, 6) is 2.42. The van der Waals surface area contributed by atoms with Crippen LogP contribution in [0.15, 0.2) is 36.9 Å². The first kappa shape index (κ1) is 22.8. The molecule has 29 heavy (non-hydrogen) atoms. The van der Waals surface area contributed by atoms with Crippen LogP contribution in [0, 0.1) is 0 Å². The van der Waals surface area contributed by atoms with Crippen LogP contribution in [0.25, 0.3) is 5.57 Å². The highest BCUT2D eigenvalue weighted by molar-refractivity contribution is 6.57. The van der Waals surface area contributed by atoms with E-state index in [2.05, 4.69) is 46.2 Å². The van der Waals surface area contributed by atoms with Gasteiger partial charge in [0.05, 0.1) is 21.3 Å². The second-order valence-corrected chi connectivity index (χ2v) is 11.7. The first-order valence-corrected chi connectivity index (χ1v) is 11.1. The minimum absolute atomic E-state index is 0.0860. The van der Waals surface area contributed by atoms with Gasteiger partial charge in [-0.25, -0.2) is 0 Å². The predicted molar refractivity (Wildman–Crippen MR) is 120 cm³/mol. The molecule has 5 nitrogen and oxygen atoms in total. The van der Waals surface area contributed by atoms with E-state index in [1.165, 1.54) is 0 Å².